The van der Waals surface area contributed by atoms with Crippen LogP contribution in [0.1, 0.15) is 60.3 Å². The number of fused-ring (bicyclic) bond motifs is 3. The van der Waals surface area contributed by atoms with Crippen molar-refractivity contribution in [3.63, 3.8) is 0 Å². The number of halogens is 1. The molecule has 3 aromatic rings. The largest absolute Gasteiger partial charge is 0.387 e. The Bertz CT molecular complexity index is 1510. The molecule has 1 unspecified atom stereocenters. The van der Waals surface area contributed by atoms with Crippen LogP contribution >= 0.6 is 0 Å². The highest BCUT2D eigenvalue weighted by molar-refractivity contribution is 6.01. The first kappa shape index (κ1) is 24.2. The monoisotopic (exact) mass is 521 g/mol. The van der Waals surface area contributed by atoms with Crippen LogP contribution in [0.25, 0.3) is 11.3 Å². The maximum Gasteiger partial charge on any atom is 0.248 e. The lowest BCUT2D eigenvalue weighted by Crippen LogP contribution is -2.47. The number of aliphatic hydroxyl groups excluding tert-OH is 1. The fraction of sp³-hybridized carbons (Fsp3) is 0.440. The van der Waals surface area contributed by atoms with Gasteiger partial charge in [0.1, 0.15) is 23.8 Å². The highest BCUT2D eigenvalue weighted by Crippen LogP contribution is 2.44. The average molecular weight is 522 g/mol. The van der Waals surface area contributed by atoms with Crippen LogP contribution in [-0.4, -0.2) is 77.6 Å². The van der Waals surface area contributed by atoms with E-state index in [9.17, 15) is 19.1 Å². The Hall–Kier alpha value is -4.13. The predicted molar refractivity (Wildman–Crippen MR) is 137 cm³/mol. The molecule has 0 aromatic carbocycles. The smallest absolute Gasteiger partial charge is 0.248 e. The Labute approximate surface area is 217 Å². The highest BCUT2D eigenvalue weighted by atomic mass is 19.1. The summed E-state index contributed by atoms with van der Waals surface area (Å²) >= 11 is 0. The Morgan fingerprint density at radius 1 is 1.24 bits per heavy atom. The van der Waals surface area contributed by atoms with E-state index < -0.39 is 12.4 Å². The third-order valence-corrected chi connectivity index (χ3v) is 7.74. The van der Waals surface area contributed by atoms with E-state index in [1.54, 1.807) is 30.6 Å². The second-order valence-corrected chi connectivity index (χ2v) is 10.1. The first-order chi connectivity index (χ1) is 18.3. The van der Waals surface area contributed by atoms with Crippen LogP contribution in [0.4, 0.5) is 15.9 Å². The number of anilines is 2. The third-order valence-electron chi connectivity index (χ3n) is 7.74. The highest BCUT2D eigenvalue weighted by Gasteiger charge is 2.44. The number of piperidine rings is 1. The number of rotatable bonds is 5. The van der Waals surface area contributed by atoms with E-state index in [1.807, 2.05) is 4.90 Å². The topological polar surface area (TPSA) is 147 Å². The molecule has 6 rings (SSSR count). The van der Waals surface area contributed by atoms with E-state index in [1.165, 1.54) is 22.3 Å². The van der Waals surface area contributed by atoms with Crippen molar-refractivity contribution in [3.05, 3.63) is 41.2 Å². The predicted octanol–water partition coefficient (Wildman–Crippen LogP) is 1.51. The molecule has 3 N–H and O–H groups in total. The number of hydrogen-bond donors (Lipinski definition) is 2. The molecule has 3 atom stereocenters. The van der Waals surface area contributed by atoms with E-state index in [-0.39, 0.29) is 41.2 Å². The summed E-state index contributed by atoms with van der Waals surface area (Å²) in [5.74, 6) is -0.763. The summed E-state index contributed by atoms with van der Waals surface area (Å²) in [7, 11) is 1.65. The number of Topliss-reactive ketones (excluding diaryl/α,β-unsaturated/α-hetero) is 1. The van der Waals surface area contributed by atoms with E-state index in [4.69, 9.17) is 10.7 Å². The molecule has 0 spiro atoms. The van der Waals surface area contributed by atoms with Gasteiger partial charge in [-0.05, 0) is 38.7 Å². The average Bonchev–Trinajstić information content (AvgIpc) is 3.56. The number of hydrogen-bond acceptors (Lipinski definition) is 9. The van der Waals surface area contributed by atoms with E-state index in [0.717, 1.165) is 12.8 Å². The van der Waals surface area contributed by atoms with Crippen molar-refractivity contribution in [1.82, 2.24) is 29.3 Å². The fourth-order valence-corrected chi connectivity index (χ4v) is 6.14. The third kappa shape index (κ3) is 3.76. The van der Waals surface area contributed by atoms with Crippen molar-refractivity contribution in [2.45, 2.75) is 50.6 Å². The van der Waals surface area contributed by atoms with Crippen LogP contribution in [0.3, 0.4) is 0 Å². The van der Waals surface area contributed by atoms with Gasteiger partial charge in [-0.25, -0.2) is 14.4 Å². The van der Waals surface area contributed by atoms with Crippen LogP contribution in [-0.2, 0) is 11.8 Å². The van der Waals surface area contributed by atoms with Gasteiger partial charge in [-0.2, -0.15) is 14.7 Å². The number of aliphatic hydroxyl groups is 1. The number of amides is 1. The number of aryl methyl sites for hydroxylation is 1. The number of ketones is 1. The molecule has 2 saturated heterocycles. The zero-order valence-corrected chi connectivity index (χ0v) is 21.1. The van der Waals surface area contributed by atoms with Gasteiger partial charge in [0, 0.05) is 31.6 Å². The van der Waals surface area contributed by atoms with Gasteiger partial charge in [0.15, 0.2) is 17.2 Å². The zero-order chi connectivity index (χ0) is 26.7. The normalized spacial score (nSPS) is 22.8. The molecular formula is C25H28FN9O3. The number of aliphatic imine (C=N–C) groups is 1. The summed E-state index contributed by atoms with van der Waals surface area (Å²) in [6.07, 6.45) is 9.25. The SMILES string of the molecule is CC(=O)c1c(C2C[C@H]3CC[C@@H](C2)N3C(=O)CO)nc2c(N3C=NC(c4nn(C)cc4F)=CC3)cnn2c1N. The molecule has 3 aliphatic heterocycles. The number of carbonyl (C=O) groups is 2. The molecule has 2 fully saturated rings. The van der Waals surface area contributed by atoms with Gasteiger partial charge in [0.05, 0.1) is 35.7 Å². The molecule has 12 nitrogen and oxygen atoms in total. The molecule has 38 heavy (non-hydrogen) atoms. The van der Waals surface area contributed by atoms with Crippen LogP contribution in [0.5, 0.6) is 0 Å². The van der Waals surface area contributed by atoms with Gasteiger partial charge in [-0.1, -0.05) is 0 Å². The van der Waals surface area contributed by atoms with Crippen molar-refractivity contribution in [3.8, 4) is 0 Å². The minimum atomic E-state index is -0.507. The molecule has 0 aliphatic carbocycles. The molecule has 13 heteroatoms. The van der Waals surface area contributed by atoms with Gasteiger partial charge < -0.3 is 20.6 Å². The van der Waals surface area contributed by atoms with Gasteiger partial charge in [0.2, 0.25) is 5.91 Å². The maximum atomic E-state index is 14.2. The van der Waals surface area contributed by atoms with Gasteiger partial charge in [-0.3, -0.25) is 14.3 Å². The van der Waals surface area contributed by atoms with Gasteiger partial charge in [-0.15, -0.1) is 0 Å². The molecular weight excluding hydrogens is 493 g/mol. The van der Waals surface area contributed by atoms with E-state index >= 15 is 0 Å². The molecule has 0 radical (unpaired) electrons. The minimum Gasteiger partial charge on any atom is -0.387 e. The molecule has 2 bridgehead atoms. The maximum absolute atomic E-state index is 14.2. The summed E-state index contributed by atoms with van der Waals surface area (Å²) < 4.78 is 17.0. The van der Waals surface area contributed by atoms with Crippen LogP contribution in [0.2, 0.25) is 0 Å². The Kier molecular flexibility index (Phi) is 5.74. The number of carbonyl (C=O) groups excluding carboxylic acids is 2. The lowest BCUT2D eigenvalue weighted by Gasteiger charge is -2.39. The molecule has 3 aromatic heterocycles. The molecule has 198 valence electrons. The molecule has 1 amide bonds. The number of nitrogens with two attached hydrogens (primary N) is 1. The Balaban J connectivity index is 1.35. The minimum absolute atomic E-state index is 0.00776. The zero-order valence-electron chi connectivity index (χ0n) is 21.1. The van der Waals surface area contributed by atoms with Gasteiger partial charge >= 0.3 is 0 Å². The second-order valence-electron chi connectivity index (χ2n) is 10.1. The summed E-state index contributed by atoms with van der Waals surface area (Å²) in [6.45, 7) is 1.34. The lowest BCUT2D eigenvalue weighted by molar-refractivity contribution is -0.138. The standard InChI is InChI=1S/C25H28FN9O3/c1-13(37)21-22(14-7-15-3-4-16(8-14)34(15)20(38)11-36)30-25-19(9-29-35(25)24(21)27)33-6-5-18(28-12-33)23-17(26)10-32(2)31-23/h5,9-10,12,14-16,36H,3-4,6-8,11,27H2,1-2H3/t14?,15-,16+. The first-order valence-corrected chi connectivity index (χ1v) is 12.6. The van der Waals surface area contributed by atoms with Crippen LogP contribution in [0, 0.1) is 5.82 Å². The molecule has 3 aliphatic rings. The van der Waals surface area contributed by atoms with Crippen molar-refractivity contribution in [1.29, 1.82) is 0 Å². The van der Waals surface area contributed by atoms with Crippen molar-refractivity contribution in [2.75, 3.05) is 23.8 Å². The van der Waals surface area contributed by atoms with Crippen LogP contribution < -0.4 is 10.6 Å². The molecule has 0 saturated carbocycles. The van der Waals surface area contributed by atoms with Crippen molar-refractivity contribution >= 4 is 40.9 Å². The van der Waals surface area contributed by atoms with Crippen molar-refractivity contribution in [2.24, 2.45) is 12.0 Å². The quantitative estimate of drug-likeness (QED) is 0.480. The van der Waals surface area contributed by atoms with Crippen molar-refractivity contribution < 1.29 is 19.1 Å². The fourth-order valence-electron chi connectivity index (χ4n) is 6.14. The Morgan fingerprint density at radius 3 is 2.55 bits per heavy atom. The summed E-state index contributed by atoms with van der Waals surface area (Å²) in [4.78, 5) is 38.0. The summed E-state index contributed by atoms with van der Waals surface area (Å²) in [5.41, 5.74) is 9.19. The number of nitrogens with zero attached hydrogens (tertiary/aromatic N) is 8. The summed E-state index contributed by atoms with van der Waals surface area (Å²) in [6, 6.07) is -0.0155. The molecule has 6 heterocycles. The number of aromatic nitrogens is 5. The van der Waals surface area contributed by atoms with E-state index in [2.05, 4.69) is 15.2 Å². The number of nitrogen functional groups attached to an aromatic ring is 1. The summed E-state index contributed by atoms with van der Waals surface area (Å²) in [5, 5.41) is 18.0. The van der Waals surface area contributed by atoms with E-state index in [0.29, 0.717) is 47.7 Å². The first-order valence-electron chi connectivity index (χ1n) is 12.6. The Morgan fingerprint density at radius 2 is 1.97 bits per heavy atom. The lowest BCUT2D eigenvalue weighted by atomic mass is 9.85. The second kappa shape index (κ2) is 9.01. The van der Waals surface area contributed by atoms with Crippen LogP contribution in [0.15, 0.2) is 23.5 Å². The van der Waals surface area contributed by atoms with Gasteiger partial charge in [0.25, 0.3) is 0 Å².